The van der Waals surface area contributed by atoms with Gasteiger partial charge in [0.1, 0.15) is 5.75 Å². The number of para-hydroxylation sites is 2. The van der Waals surface area contributed by atoms with Crippen LogP contribution in [-0.4, -0.2) is 50.8 Å². The molecule has 34 heavy (non-hydrogen) atoms. The van der Waals surface area contributed by atoms with Crippen molar-refractivity contribution in [1.29, 1.82) is 0 Å². The minimum atomic E-state index is -3.76. The second-order valence-corrected chi connectivity index (χ2v) is 10.1. The van der Waals surface area contributed by atoms with E-state index in [0.29, 0.717) is 18.0 Å². The van der Waals surface area contributed by atoms with Crippen LogP contribution >= 0.6 is 12.4 Å². The molecule has 0 saturated carbocycles. The van der Waals surface area contributed by atoms with Gasteiger partial charge in [-0.1, -0.05) is 54.6 Å². The van der Waals surface area contributed by atoms with E-state index in [1.807, 2.05) is 42.5 Å². The molecule has 1 aliphatic rings. The van der Waals surface area contributed by atoms with Crippen molar-refractivity contribution in [3.8, 4) is 5.75 Å². The maximum absolute atomic E-state index is 13.5. The molecule has 0 amide bonds. The van der Waals surface area contributed by atoms with E-state index in [9.17, 15) is 13.5 Å². The molecule has 1 atom stereocenters. The molecule has 1 saturated heterocycles. The number of aliphatic hydroxyl groups excluding tert-OH is 1. The Morgan fingerprint density at radius 1 is 0.941 bits per heavy atom. The fourth-order valence-corrected chi connectivity index (χ4v) is 5.51. The van der Waals surface area contributed by atoms with E-state index >= 15 is 0 Å². The predicted molar refractivity (Wildman–Crippen MR) is 137 cm³/mol. The molecule has 0 spiro atoms. The summed E-state index contributed by atoms with van der Waals surface area (Å²) in [7, 11) is -3.76. The molecular weight excluding hydrogens is 472 g/mol. The van der Waals surface area contributed by atoms with Gasteiger partial charge in [0.25, 0.3) is 10.0 Å². The molecule has 0 bridgehead atoms. The second kappa shape index (κ2) is 12.2. The third kappa shape index (κ3) is 6.51. The molecule has 1 unspecified atom stereocenters. The number of likely N-dealkylation sites (tertiary alicyclic amines) is 1. The molecule has 6 nitrogen and oxygen atoms in total. The molecule has 182 valence electrons. The van der Waals surface area contributed by atoms with Crippen LogP contribution in [0, 0.1) is 0 Å². The number of halogens is 1. The van der Waals surface area contributed by atoms with Crippen molar-refractivity contribution in [3.05, 3.63) is 90.5 Å². The standard InChI is InChI=1S/C26H30N2O4S.ClH/c29-24-16-18-27(21-24)17-9-19-32-26-15-8-7-10-22(26)20-28(23-11-3-1-4-12-23)33(30,31)25-13-5-2-6-14-25;/h1-8,10-15,24,29H,9,16-21H2;1H. The van der Waals surface area contributed by atoms with E-state index in [4.69, 9.17) is 4.74 Å². The lowest BCUT2D eigenvalue weighted by atomic mass is 10.2. The average Bonchev–Trinajstić information content (AvgIpc) is 3.27. The van der Waals surface area contributed by atoms with E-state index < -0.39 is 10.0 Å². The van der Waals surface area contributed by atoms with E-state index in [0.717, 1.165) is 38.0 Å². The Labute approximate surface area is 208 Å². The van der Waals surface area contributed by atoms with Gasteiger partial charge >= 0.3 is 0 Å². The van der Waals surface area contributed by atoms with E-state index in [2.05, 4.69) is 4.90 Å². The van der Waals surface area contributed by atoms with Gasteiger partial charge in [-0.25, -0.2) is 8.42 Å². The number of rotatable bonds is 10. The smallest absolute Gasteiger partial charge is 0.264 e. The van der Waals surface area contributed by atoms with Crippen molar-refractivity contribution >= 4 is 28.1 Å². The van der Waals surface area contributed by atoms with Gasteiger partial charge in [0.2, 0.25) is 0 Å². The molecular formula is C26H31ClN2O4S. The summed E-state index contributed by atoms with van der Waals surface area (Å²) in [4.78, 5) is 2.49. The fraction of sp³-hybridized carbons (Fsp3) is 0.308. The number of β-amino-alcohol motifs (C(OH)–C–C–N with tert-alkyl or cyclic N) is 1. The Hall–Kier alpha value is -2.58. The lowest BCUT2D eigenvalue weighted by Gasteiger charge is -2.25. The van der Waals surface area contributed by atoms with Crippen LogP contribution in [0.25, 0.3) is 0 Å². The summed E-state index contributed by atoms with van der Waals surface area (Å²) in [5.74, 6) is 0.683. The van der Waals surface area contributed by atoms with E-state index in [-0.39, 0.29) is 30.0 Å². The van der Waals surface area contributed by atoms with Crippen LogP contribution in [0.15, 0.2) is 89.8 Å². The van der Waals surface area contributed by atoms with Crippen molar-refractivity contribution in [2.24, 2.45) is 0 Å². The van der Waals surface area contributed by atoms with Gasteiger partial charge in [-0.05, 0) is 43.2 Å². The quantitative estimate of drug-likeness (QED) is 0.418. The van der Waals surface area contributed by atoms with Crippen molar-refractivity contribution in [2.45, 2.75) is 30.4 Å². The number of aliphatic hydroxyl groups is 1. The normalized spacial score (nSPS) is 16.1. The molecule has 0 radical (unpaired) electrons. The predicted octanol–water partition coefficient (Wildman–Crippen LogP) is 4.34. The molecule has 0 aromatic heterocycles. The number of nitrogens with zero attached hydrogens (tertiary/aromatic N) is 2. The number of ether oxygens (including phenoxy) is 1. The van der Waals surface area contributed by atoms with Gasteiger partial charge in [-0.15, -0.1) is 12.4 Å². The van der Waals surface area contributed by atoms with Crippen molar-refractivity contribution < 1.29 is 18.3 Å². The number of hydrogen-bond donors (Lipinski definition) is 1. The highest BCUT2D eigenvalue weighted by molar-refractivity contribution is 7.92. The van der Waals surface area contributed by atoms with Crippen LogP contribution in [0.3, 0.4) is 0 Å². The van der Waals surface area contributed by atoms with Crippen LogP contribution in [-0.2, 0) is 16.6 Å². The third-order valence-electron chi connectivity index (χ3n) is 5.79. The molecule has 4 rings (SSSR count). The second-order valence-electron chi connectivity index (χ2n) is 8.21. The molecule has 1 heterocycles. The Bertz CT molecular complexity index is 1130. The van der Waals surface area contributed by atoms with E-state index in [1.165, 1.54) is 4.31 Å². The van der Waals surface area contributed by atoms with Crippen molar-refractivity contribution in [3.63, 3.8) is 0 Å². The Morgan fingerprint density at radius 3 is 2.26 bits per heavy atom. The summed E-state index contributed by atoms with van der Waals surface area (Å²) >= 11 is 0. The highest BCUT2D eigenvalue weighted by Crippen LogP contribution is 2.29. The summed E-state index contributed by atoms with van der Waals surface area (Å²) in [5.41, 5.74) is 1.40. The first-order valence-electron chi connectivity index (χ1n) is 11.3. The van der Waals surface area contributed by atoms with Gasteiger partial charge in [0, 0.05) is 25.2 Å². The number of sulfonamides is 1. The van der Waals surface area contributed by atoms with Gasteiger partial charge < -0.3 is 14.7 Å². The molecule has 8 heteroatoms. The summed E-state index contributed by atoms with van der Waals surface area (Å²) in [5, 5.41) is 9.67. The highest BCUT2D eigenvalue weighted by Gasteiger charge is 2.26. The molecule has 3 aromatic rings. The minimum absolute atomic E-state index is 0. The first kappa shape index (κ1) is 26.0. The molecule has 1 aliphatic heterocycles. The molecule has 1 fully saturated rings. The summed E-state index contributed by atoms with van der Waals surface area (Å²) in [6.45, 7) is 3.20. The zero-order valence-corrected chi connectivity index (χ0v) is 20.6. The van der Waals surface area contributed by atoms with Crippen LogP contribution < -0.4 is 9.04 Å². The largest absolute Gasteiger partial charge is 0.493 e. The summed E-state index contributed by atoms with van der Waals surface area (Å²) in [6, 6.07) is 25.2. The van der Waals surface area contributed by atoms with Crippen LogP contribution in [0.2, 0.25) is 0 Å². The molecule has 1 N–H and O–H groups in total. The summed E-state index contributed by atoms with van der Waals surface area (Å²) < 4.78 is 34.6. The van der Waals surface area contributed by atoms with Gasteiger partial charge in [0.05, 0.1) is 29.8 Å². The van der Waals surface area contributed by atoms with Crippen molar-refractivity contribution in [2.75, 3.05) is 30.5 Å². The lowest BCUT2D eigenvalue weighted by molar-refractivity contribution is 0.173. The third-order valence-corrected chi connectivity index (χ3v) is 7.57. The number of hydrogen-bond acceptors (Lipinski definition) is 5. The van der Waals surface area contributed by atoms with E-state index in [1.54, 1.807) is 42.5 Å². The topological polar surface area (TPSA) is 70.1 Å². The minimum Gasteiger partial charge on any atom is -0.493 e. The number of benzene rings is 3. The Balaban J connectivity index is 0.00000324. The van der Waals surface area contributed by atoms with Crippen LogP contribution in [0.4, 0.5) is 5.69 Å². The average molecular weight is 503 g/mol. The summed E-state index contributed by atoms with van der Waals surface area (Å²) in [6.07, 6.45) is 1.45. The first-order valence-corrected chi connectivity index (χ1v) is 12.7. The lowest BCUT2D eigenvalue weighted by Crippen LogP contribution is -2.30. The monoisotopic (exact) mass is 502 g/mol. The van der Waals surface area contributed by atoms with Crippen LogP contribution in [0.1, 0.15) is 18.4 Å². The van der Waals surface area contributed by atoms with Gasteiger partial charge in [-0.2, -0.15) is 0 Å². The maximum Gasteiger partial charge on any atom is 0.264 e. The zero-order chi connectivity index (χ0) is 23.1. The highest BCUT2D eigenvalue weighted by atomic mass is 35.5. The Kier molecular flexibility index (Phi) is 9.36. The number of anilines is 1. The van der Waals surface area contributed by atoms with Crippen LogP contribution in [0.5, 0.6) is 5.75 Å². The van der Waals surface area contributed by atoms with Crippen molar-refractivity contribution in [1.82, 2.24) is 4.90 Å². The van der Waals surface area contributed by atoms with Gasteiger partial charge in [0.15, 0.2) is 0 Å². The maximum atomic E-state index is 13.5. The Morgan fingerprint density at radius 2 is 1.59 bits per heavy atom. The zero-order valence-electron chi connectivity index (χ0n) is 19.0. The first-order chi connectivity index (χ1) is 16.0. The molecule has 3 aromatic carbocycles. The molecule has 0 aliphatic carbocycles. The van der Waals surface area contributed by atoms with Gasteiger partial charge in [-0.3, -0.25) is 4.31 Å². The SMILES string of the molecule is Cl.O=S(=O)(c1ccccc1)N(Cc1ccccc1OCCCN1CCC(O)C1)c1ccccc1. The fourth-order valence-electron chi connectivity index (χ4n) is 4.04.